The van der Waals surface area contributed by atoms with Crippen LogP contribution < -0.4 is 10.6 Å². The number of thiocarbonyl (C=S) groups is 1. The van der Waals surface area contributed by atoms with E-state index in [1.165, 1.54) is 12.8 Å². The first-order valence-corrected chi connectivity index (χ1v) is 7.43. The van der Waals surface area contributed by atoms with Crippen molar-refractivity contribution in [2.75, 3.05) is 25.0 Å². The van der Waals surface area contributed by atoms with Gasteiger partial charge in [0.1, 0.15) is 4.99 Å². The van der Waals surface area contributed by atoms with E-state index in [4.69, 9.17) is 18.0 Å². The van der Waals surface area contributed by atoms with Gasteiger partial charge in [-0.25, -0.2) is 4.79 Å². The van der Waals surface area contributed by atoms with Crippen LogP contribution in [0.25, 0.3) is 0 Å². The molecule has 1 saturated heterocycles. The lowest BCUT2D eigenvalue weighted by Crippen LogP contribution is -2.41. The van der Waals surface area contributed by atoms with Crippen LogP contribution in [0.3, 0.4) is 0 Å². The number of nitrogens with two attached hydrogens (primary N) is 1. The fourth-order valence-corrected chi connectivity index (χ4v) is 2.57. The SMILES string of the molecule is CN(C(=O)N1CCCCCC1)c1ccc(C(N)=S)cc1. The minimum absolute atomic E-state index is 0.0648. The molecule has 20 heavy (non-hydrogen) atoms. The second-order valence-electron chi connectivity index (χ2n) is 5.15. The van der Waals surface area contributed by atoms with Gasteiger partial charge in [0.05, 0.1) is 0 Å². The Morgan fingerprint density at radius 2 is 1.70 bits per heavy atom. The lowest BCUT2D eigenvalue weighted by Gasteiger charge is -2.27. The van der Waals surface area contributed by atoms with Gasteiger partial charge in [-0.3, -0.25) is 4.90 Å². The zero-order valence-corrected chi connectivity index (χ0v) is 12.7. The van der Waals surface area contributed by atoms with Crippen LogP contribution in [0.4, 0.5) is 10.5 Å². The lowest BCUT2D eigenvalue weighted by molar-refractivity contribution is 0.208. The van der Waals surface area contributed by atoms with Crippen LogP contribution in [0.1, 0.15) is 31.2 Å². The normalized spacial score (nSPS) is 15.6. The molecule has 2 rings (SSSR count). The zero-order chi connectivity index (χ0) is 14.5. The fraction of sp³-hybridized carbons (Fsp3) is 0.467. The zero-order valence-electron chi connectivity index (χ0n) is 11.8. The van der Waals surface area contributed by atoms with Crippen LogP contribution >= 0.6 is 12.2 Å². The standard InChI is InChI=1S/C15H21N3OS/c1-17(13-8-6-12(7-9-13)14(16)20)15(19)18-10-4-2-3-5-11-18/h6-9H,2-5,10-11H2,1H3,(H2,16,20). The van der Waals surface area contributed by atoms with E-state index in [2.05, 4.69) is 0 Å². The van der Waals surface area contributed by atoms with Crippen molar-refractivity contribution in [1.82, 2.24) is 4.90 Å². The highest BCUT2D eigenvalue weighted by atomic mass is 32.1. The number of nitrogens with zero attached hydrogens (tertiary/aromatic N) is 2. The molecule has 108 valence electrons. The number of hydrogen-bond acceptors (Lipinski definition) is 2. The fourth-order valence-electron chi connectivity index (χ4n) is 2.43. The van der Waals surface area contributed by atoms with Gasteiger partial charge in [0.25, 0.3) is 0 Å². The Bertz CT molecular complexity index is 478. The summed E-state index contributed by atoms with van der Waals surface area (Å²) in [5, 5.41) is 0. The highest BCUT2D eigenvalue weighted by molar-refractivity contribution is 7.80. The van der Waals surface area contributed by atoms with Crippen molar-refractivity contribution in [3.8, 4) is 0 Å². The Balaban J connectivity index is 2.07. The largest absolute Gasteiger partial charge is 0.389 e. The number of anilines is 1. The van der Waals surface area contributed by atoms with E-state index in [0.717, 1.165) is 37.2 Å². The van der Waals surface area contributed by atoms with E-state index in [0.29, 0.717) is 4.99 Å². The van der Waals surface area contributed by atoms with Crippen LogP contribution in [0, 0.1) is 0 Å². The molecule has 2 N–H and O–H groups in total. The predicted octanol–water partition coefficient (Wildman–Crippen LogP) is 2.75. The van der Waals surface area contributed by atoms with Gasteiger partial charge in [-0.05, 0) is 37.1 Å². The van der Waals surface area contributed by atoms with Crippen molar-refractivity contribution in [1.29, 1.82) is 0 Å². The summed E-state index contributed by atoms with van der Waals surface area (Å²) < 4.78 is 0. The molecule has 1 fully saturated rings. The third-order valence-electron chi connectivity index (χ3n) is 3.70. The molecule has 4 nitrogen and oxygen atoms in total. The third kappa shape index (κ3) is 3.48. The molecule has 1 aromatic carbocycles. The van der Waals surface area contributed by atoms with Gasteiger partial charge in [-0.2, -0.15) is 0 Å². The Morgan fingerprint density at radius 1 is 1.15 bits per heavy atom. The average Bonchev–Trinajstić information content (AvgIpc) is 2.75. The molecular weight excluding hydrogens is 270 g/mol. The summed E-state index contributed by atoms with van der Waals surface area (Å²) in [7, 11) is 1.81. The second-order valence-corrected chi connectivity index (χ2v) is 5.59. The van der Waals surface area contributed by atoms with E-state index in [1.807, 2.05) is 36.2 Å². The molecule has 1 aliphatic rings. The Hall–Kier alpha value is -1.62. The highest BCUT2D eigenvalue weighted by Crippen LogP contribution is 2.18. The molecule has 0 aromatic heterocycles. The van der Waals surface area contributed by atoms with Crippen molar-refractivity contribution in [3.05, 3.63) is 29.8 Å². The maximum atomic E-state index is 12.5. The van der Waals surface area contributed by atoms with Crippen LogP contribution in [0.2, 0.25) is 0 Å². The van der Waals surface area contributed by atoms with E-state index in [9.17, 15) is 4.79 Å². The number of carbonyl (C=O) groups excluding carboxylic acids is 1. The van der Waals surface area contributed by atoms with Gasteiger partial charge in [0.15, 0.2) is 0 Å². The number of urea groups is 1. The summed E-state index contributed by atoms with van der Waals surface area (Å²) >= 11 is 4.93. The smallest absolute Gasteiger partial charge is 0.324 e. The first-order valence-electron chi connectivity index (χ1n) is 7.02. The van der Waals surface area contributed by atoms with Gasteiger partial charge in [0.2, 0.25) is 0 Å². The number of amides is 2. The van der Waals surface area contributed by atoms with E-state index < -0.39 is 0 Å². The minimum atomic E-state index is 0.0648. The van der Waals surface area contributed by atoms with Crippen LogP contribution in [-0.2, 0) is 0 Å². The molecule has 0 aliphatic carbocycles. The molecule has 0 radical (unpaired) electrons. The number of benzene rings is 1. The maximum absolute atomic E-state index is 12.5. The number of carbonyl (C=O) groups is 1. The summed E-state index contributed by atoms with van der Waals surface area (Å²) in [6.45, 7) is 1.71. The molecular formula is C15H21N3OS. The quantitative estimate of drug-likeness (QED) is 0.852. The third-order valence-corrected chi connectivity index (χ3v) is 3.94. The molecule has 5 heteroatoms. The number of likely N-dealkylation sites (tertiary alicyclic amines) is 1. The molecule has 0 spiro atoms. The minimum Gasteiger partial charge on any atom is -0.389 e. The van der Waals surface area contributed by atoms with Crippen molar-refractivity contribution in [2.45, 2.75) is 25.7 Å². The summed E-state index contributed by atoms with van der Waals surface area (Å²) in [6, 6.07) is 7.53. The van der Waals surface area contributed by atoms with Crippen molar-refractivity contribution in [2.24, 2.45) is 5.73 Å². The van der Waals surface area contributed by atoms with Crippen LogP contribution in [0.5, 0.6) is 0 Å². The van der Waals surface area contributed by atoms with Crippen LogP contribution in [0.15, 0.2) is 24.3 Å². The van der Waals surface area contributed by atoms with Crippen molar-refractivity contribution < 1.29 is 4.79 Å². The van der Waals surface area contributed by atoms with Gasteiger partial charge in [0, 0.05) is 31.4 Å². The number of rotatable bonds is 2. The summed E-state index contributed by atoms with van der Waals surface area (Å²) in [4.78, 5) is 16.5. The molecule has 1 aliphatic heterocycles. The van der Waals surface area contributed by atoms with E-state index >= 15 is 0 Å². The predicted molar refractivity (Wildman–Crippen MR) is 86.2 cm³/mol. The van der Waals surface area contributed by atoms with Crippen molar-refractivity contribution in [3.63, 3.8) is 0 Å². The Morgan fingerprint density at radius 3 is 2.20 bits per heavy atom. The molecule has 0 atom stereocenters. The lowest BCUT2D eigenvalue weighted by atomic mass is 10.2. The van der Waals surface area contributed by atoms with Crippen LogP contribution in [-0.4, -0.2) is 36.1 Å². The van der Waals surface area contributed by atoms with Crippen molar-refractivity contribution >= 4 is 28.9 Å². The van der Waals surface area contributed by atoms with Gasteiger partial charge >= 0.3 is 6.03 Å². The van der Waals surface area contributed by atoms with Gasteiger partial charge in [-0.15, -0.1) is 0 Å². The van der Waals surface area contributed by atoms with E-state index in [1.54, 1.807) is 4.90 Å². The first kappa shape index (κ1) is 14.8. The summed E-state index contributed by atoms with van der Waals surface area (Å²) in [5.41, 5.74) is 7.26. The molecule has 1 aromatic rings. The summed E-state index contributed by atoms with van der Waals surface area (Å²) in [5.74, 6) is 0. The second kappa shape index (κ2) is 6.70. The summed E-state index contributed by atoms with van der Waals surface area (Å²) in [6.07, 6.45) is 4.63. The molecule has 1 heterocycles. The Kier molecular flexibility index (Phi) is 4.95. The van der Waals surface area contributed by atoms with Gasteiger partial charge < -0.3 is 10.6 Å². The van der Waals surface area contributed by atoms with E-state index in [-0.39, 0.29) is 6.03 Å². The topological polar surface area (TPSA) is 49.6 Å². The molecule has 0 unspecified atom stereocenters. The average molecular weight is 291 g/mol. The highest BCUT2D eigenvalue weighted by Gasteiger charge is 2.20. The first-order chi connectivity index (χ1) is 9.59. The molecule has 0 bridgehead atoms. The molecule has 0 saturated carbocycles. The monoisotopic (exact) mass is 291 g/mol. The molecule has 2 amide bonds. The number of hydrogen-bond donors (Lipinski definition) is 1. The maximum Gasteiger partial charge on any atom is 0.324 e. The Labute approximate surface area is 125 Å². The van der Waals surface area contributed by atoms with Gasteiger partial charge in [-0.1, -0.05) is 25.1 Å².